The SMILES string of the molecule is CCCCCN(c1c2ccccc2nc2cccc(Cl)c12)C(CC)CC. The number of anilines is 1. The first-order valence-electron chi connectivity index (χ1n) is 9.94. The van der Waals surface area contributed by atoms with Crippen molar-refractivity contribution in [3.05, 3.63) is 47.5 Å². The molecule has 0 saturated heterocycles. The van der Waals surface area contributed by atoms with Crippen LogP contribution in [0.3, 0.4) is 0 Å². The standard InChI is InChI=1S/C23H29ClN2/c1-4-7-10-16-26(17(5-2)6-3)23-18-12-8-9-14-20(18)25-21-15-11-13-19(24)22(21)23/h8-9,11-15,17H,4-7,10,16H2,1-3H3. The molecule has 26 heavy (non-hydrogen) atoms. The number of aromatic nitrogens is 1. The summed E-state index contributed by atoms with van der Waals surface area (Å²) in [5, 5.41) is 3.09. The molecular formula is C23H29ClN2. The maximum atomic E-state index is 6.69. The molecule has 0 radical (unpaired) electrons. The molecule has 0 N–H and O–H groups in total. The molecule has 0 saturated carbocycles. The quantitative estimate of drug-likeness (QED) is 0.308. The zero-order valence-corrected chi connectivity index (χ0v) is 16.9. The number of unbranched alkanes of at least 4 members (excludes halogenated alkanes) is 2. The molecule has 3 rings (SSSR count). The Morgan fingerprint density at radius 2 is 1.65 bits per heavy atom. The summed E-state index contributed by atoms with van der Waals surface area (Å²) in [6.45, 7) is 7.90. The monoisotopic (exact) mass is 368 g/mol. The van der Waals surface area contributed by atoms with Crippen molar-refractivity contribution >= 4 is 39.1 Å². The third-order valence-electron chi connectivity index (χ3n) is 5.30. The molecule has 2 nitrogen and oxygen atoms in total. The summed E-state index contributed by atoms with van der Waals surface area (Å²) in [4.78, 5) is 7.48. The lowest BCUT2D eigenvalue weighted by atomic mass is 10.0. The summed E-state index contributed by atoms with van der Waals surface area (Å²) in [7, 11) is 0. The highest BCUT2D eigenvalue weighted by atomic mass is 35.5. The number of benzene rings is 2. The lowest BCUT2D eigenvalue weighted by Crippen LogP contribution is -2.35. The van der Waals surface area contributed by atoms with Crippen molar-refractivity contribution < 1.29 is 0 Å². The lowest BCUT2D eigenvalue weighted by molar-refractivity contribution is 0.541. The fourth-order valence-electron chi connectivity index (χ4n) is 3.91. The summed E-state index contributed by atoms with van der Waals surface area (Å²) < 4.78 is 0. The van der Waals surface area contributed by atoms with Gasteiger partial charge >= 0.3 is 0 Å². The molecule has 0 aliphatic carbocycles. The van der Waals surface area contributed by atoms with Gasteiger partial charge in [-0.15, -0.1) is 0 Å². The van der Waals surface area contributed by atoms with Gasteiger partial charge in [-0.05, 0) is 37.5 Å². The molecule has 3 heteroatoms. The number of hydrogen-bond acceptors (Lipinski definition) is 2. The zero-order chi connectivity index (χ0) is 18.5. The van der Waals surface area contributed by atoms with Crippen molar-refractivity contribution in [2.24, 2.45) is 0 Å². The normalized spacial score (nSPS) is 11.6. The fourth-order valence-corrected chi connectivity index (χ4v) is 4.17. The second-order valence-corrected chi connectivity index (χ2v) is 7.39. The Morgan fingerprint density at radius 3 is 2.38 bits per heavy atom. The van der Waals surface area contributed by atoms with E-state index in [0.29, 0.717) is 6.04 Å². The van der Waals surface area contributed by atoms with Crippen LogP contribution in [0.25, 0.3) is 21.8 Å². The number of halogens is 1. The van der Waals surface area contributed by atoms with Gasteiger partial charge in [-0.2, -0.15) is 0 Å². The van der Waals surface area contributed by atoms with Crippen LogP contribution in [0.15, 0.2) is 42.5 Å². The van der Waals surface area contributed by atoms with Crippen LogP contribution in [0.4, 0.5) is 5.69 Å². The van der Waals surface area contributed by atoms with Crippen LogP contribution in [-0.4, -0.2) is 17.6 Å². The van der Waals surface area contributed by atoms with Gasteiger partial charge in [0.15, 0.2) is 0 Å². The maximum Gasteiger partial charge on any atom is 0.0745 e. The second kappa shape index (κ2) is 8.73. The largest absolute Gasteiger partial charge is 0.367 e. The summed E-state index contributed by atoms with van der Waals surface area (Å²) in [5.41, 5.74) is 3.29. The Labute approximate surface area is 162 Å². The molecule has 0 bridgehead atoms. The van der Waals surface area contributed by atoms with Gasteiger partial charge in [0.2, 0.25) is 0 Å². The highest BCUT2D eigenvalue weighted by Gasteiger charge is 2.22. The van der Waals surface area contributed by atoms with Crippen LogP contribution in [0.1, 0.15) is 52.9 Å². The van der Waals surface area contributed by atoms with Crippen molar-refractivity contribution in [2.75, 3.05) is 11.4 Å². The lowest BCUT2D eigenvalue weighted by Gasteiger charge is -2.35. The first kappa shape index (κ1) is 19.0. The highest BCUT2D eigenvalue weighted by Crippen LogP contribution is 2.39. The number of rotatable bonds is 8. The zero-order valence-electron chi connectivity index (χ0n) is 16.1. The molecule has 0 amide bonds. The van der Waals surface area contributed by atoms with Gasteiger partial charge in [-0.25, -0.2) is 4.98 Å². The van der Waals surface area contributed by atoms with Crippen LogP contribution in [0, 0.1) is 0 Å². The average molecular weight is 369 g/mol. The van der Waals surface area contributed by atoms with Crippen LogP contribution in [-0.2, 0) is 0 Å². The summed E-state index contributed by atoms with van der Waals surface area (Å²) in [6, 6.07) is 15.0. The van der Waals surface area contributed by atoms with Gasteiger partial charge in [0.25, 0.3) is 0 Å². The second-order valence-electron chi connectivity index (χ2n) is 6.98. The van der Waals surface area contributed by atoms with E-state index in [1.54, 1.807) is 0 Å². The topological polar surface area (TPSA) is 16.1 Å². The van der Waals surface area contributed by atoms with Crippen molar-refractivity contribution in [1.82, 2.24) is 4.98 Å². The number of fused-ring (bicyclic) bond motifs is 2. The minimum absolute atomic E-state index is 0.511. The van der Waals surface area contributed by atoms with Gasteiger partial charge in [-0.3, -0.25) is 0 Å². The Hall–Kier alpha value is -1.80. The van der Waals surface area contributed by atoms with E-state index in [9.17, 15) is 0 Å². The van der Waals surface area contributed by atoms with Gasteiger partial charge in [0, 0.05) is 23.4 Å². The van der Waals surface area contributed by atoms with E-state index in [0.717, 1.165) is 40.8 Å². The molecule has 2 aromatic carbocycles. The number of hydrogen-bond donors (Lipinski definition) is 0. The summed E-state index contributed by atoms with van der Waals surface area (Å²) in [6.07, 6.45) is 5.95. The van der Waals surface area contributed by atoms with E-state index in [-0.39, 0.29) is 0 Å². The van der Waals surface area contributed by atoms with E-state index < -0.39 is 0 Å². The van der Waals surface area contributed by atoms with E-state index in [2.05, 4.69) is 56.0 Å². The van der Waals surface area contributed by atoms with Crippen LogP contribution < -0.4 is 4.90 Å². The summed E-state index contributed by atoms with van der Waals surface area (Å²) in [5.74, 6) is 0. The molecule has 0 atom stereocenters. The average Bonchev–Trinajstić information content (AvgIpc) is 2.66. The van der Waals surface area contributed by atoms with E-state index in [1.807, 2.05) is 12.1 Å². The molecule has 1 heterocycles. The molecule has 0 aliphatic rings. The molecular weight excluding hydrogens is 340 g/mol. The predicted molar refractivity (Wildman–Crippen MR) is 116 cm³/mol. The van der Waals surface area contributed by atoms with E-state index >= 15 is 0 Å². The highest BCUT2D eigenvalue weighted by molar-refractivity contribution is 6.37. The molecule has 1 aromatic heterocycles. The van der Waals surface area contributed by atoms with Crippen LogP contribution in [0.5, 0.6) is 0 Å². The molecule has 0 unspecified atom stereocenters. The minimum Gasteiger partial charge on any atom is -0.367 e. The van der Waals surface area contributed by atoms with Crippen LogP contribution >= 0.6 is 11.6 Å². The fraction of sp³-hybridized carbons (Fsp3) is 0.435. The van der Waals surface area contributed by atoms with Crippen molar-refractivity contribution in [1.29, 1.82) is 0 Å². The third-order valence-corrected chi connectivity index (χ3v) is 5.62. The van der Waals surface area contributed by atoms with Crippen molar-refractivity contribution in [2.45, 2.75) is 58.9 Å². The van der Waals surface area contributed by atoms with Gasteiger partial charge in [-0.1, -0.05) is 69.5 Å². The minimum atomic E-state index is 0.511. The molecule has 0 spiro atoms. The molecule has 0 aliphatic heterocycles. The van der Waals surface area contributed by atoms with E-state index in [1.165, 1.54) is 30.3 Å². The maximum absolute atomic E-state index is 6.69. The first-order chi connectivity index (χ1) is 12.7. The molecule has 0 fully saturated rings. The Morgan fingerprint density at radius 1 is 0.923 bits per heavy atom. The third kappa shape index (κ3) is 3.66. The van der Waals surface area contributed by atoms with E-state index in [4.69, 9.17) is 16.6 Å². The number of nitrogens with zero attached hydrogens (tertiary/aromatic N) is 2. The Bertz CT molecular complexity index is 871. The van der Waals surface area contributed by atoms with Crippen LogP contribution in [0.2, 0.25) is 5.02 Å². The predicted octanol–water partition coefficient (Wildman–Crippen LogP) is 7.23. The van der Waals surface area contributed by atoms with Gasteiger partial charge in [0.05, 0.1) is 21.7 Å². The van der Waals surface area contributed by atoms with Crippen molar-refractivity contribution in [3.63, 3.8) is 0 Å². The van der Waals surface area contributed by atoms with Crippen molar-refractivity contribution in [3.8, 4) is 0 Å². The smallest absolute Gasteiger partial charge is 0.0745 e. The Balaban J connectivity index is 2.28. The van der Waals surface area contributed by atoms with Gasteiger partial charge < -0.3 is 4.90 Å². The molecule has 3 aromatic rings. The summed E-state index contributed by atoms with van der Waals surface area (Å²) >= 11 is 6.69. The Kier molecular flexibility index (Phi) is 6.37. The number of pyridine rings is 1. The first-order valence-corrected chi connectivity index (χ1v) is 10.3. The molecule has 138 valence electrons. The van der Waals surface area contributed by atoms with Gasteiger partial charge in [0.1, 0.15) is 0 Å². The number of para-hydroxylation sites is 1.